The summed E-state index contributed by atoms with van der Waals surface area (Å²) in [5.74, 6) is 0.500. The number of nitrogens with one attached hydrogen (secondary N) is 2. The fourth-order valence-electron chi connectivity index (χ4n) is 1.80. The summed E-state index contributed by atoms with van der Waals surface area (Å²) in [7, 11) is 1.92. The maximum Gasteiger partial charge on any atom is 0.249 e. The van der Waals surface area contributed by atoms with Gasteiger partial charge in [0.05, 0.1) is 6.10 Å². The molecule has 0 bridgehead atoms. The Balaban J connectivity index is 2.18. The van der Waals surface area contributed by atoms with Crippen LogP contribution in [0.15, 0.2) is 0 Å². The lowest BCUT2D eigenvalue weighted by Gasteiger charge is -2.15. The van der Waals surface area contributed by atoms with E-state index in [0.29, 0.717) is 12.5 Å². The van der Waals surface area contributed by atoms with Crippen molar-refractivity contribution in [3.63, 3.8) is 0 Å². The van der Waals surface area contributed by atoms with Crippen LogP contribution in [0, 0.1) is 5.92 Å². The Morgan fingerprint density at radius 3 is 2.73 bits per heavy atom. The summed E-state index contributed by atoms with van der Waals surface area (Å²) in [6, 6.07) is 0. The molecule has 1 heterocycles. The average molecular weight is 214 g/mol. The molecule has 3 atom stereocenters. The summed E-state index contributed by atoms with van der Waals surface area (Å²) in [5.41, 5.74) is 0. The van der Waals surface area contributed by atoms with Gasteiger partial charge >= 0.3 is 0 Å². The molecule has 3 unspecified atom stereocenters. The van der Waals surface area contributed by atoms with Crippen molar-refractivity contribution in [2.24, 2.45) is 5.92 Å². The number of hydrogen-bond donors (Lipinski definition) is 2. The van der Waals surface area contributed by atoms with Gasteiger partial charge in [0, 0.05) is 6.54 Å². The molecule has 0 aromatic carbocycles. The van der Waals surface area contributed by atoms with Crippen LogP contribution in [0.2, 0.25) is 0 Å². The standard InChI is InChI=1S/C11H22N2O2/c1-8(6-12-3)7-13-11(14)10-5-4-9(2)15-10/h8-10,12H,4-7H2,1-3H3,(H,13,14). The van der Waals surface area contributed by atoms with Crippen LogP contribution in [0.25, 0.3) is 0 Å². The Bertz CT molecular complexity index is 209. The van der Waals surface area contributed by atoms with Crippen LogP contribution in [0.1, 0.15) is 26.7 Å². The van der Waals surface area contributed by atoms with E-state index in [1.165, 1.54) is 0 Å². The molecular formula is C11H22N2O2. The minimum absolute atomic E-state index is 0.0438. The molecule has 1 aliphatic rings. The first-order valence-electron chi connectivity index (χ1n) is 5.71. The van der Waals surface area contributed by atoms with Crippen LogP contribution < -0.4 is 10.6 Å². The first-order chi connectivity index (χ1) is 7.13. The molecule has 88 valence electrons. The highest BCUT2D eigenvalue weighted by molar-refractivity contribution is 5.80. The summed E-state index contributed by atoms with van der Waals surface area (Å²) >= 11 is 0. The fourth-order valence-corrected chi connectivity index (χ4v) is 1.80. The third-order valence-corrected chi connectivity index (χ3v) is 2.70. The predicted octanol–water partition coefficient (Wildman–Crippen LogP) is 0.526. The van der Waals surface area contributed by atoms with Gasteiger partial charge in [-0.25, -0.2) is 0 Å². The van der Waals surface area contributed by atoms with E-state index in [9.17, 15) is 4.79 Å². The van der Waals surface area contributed by atoms with Gasteiger partial charge in [-0.3, -0.25) is 4.79 Å². The minimum Gasteiger partial charge on any atom is -0.365 e. The van der Waals surface area contributed by atoms with E-state index >= 15 is 0 Å². The predicted molar refractivity (Wildman–Crippen MR) is 59.7 cm³/mol. The zero-order valence-electron chi connectivity index (χ0n) is 9.88. The largest absolute Gasteiger partial charge is 0.365 e. The first-order valence-corrected chi connectivity index (χ1v) is 5.71. The van der Waals surface area contributed by atoms with Gasteiger partial charge in [0.1, 0.15) is 6.10 Å². The highest BCUT2D eigenvalue weighted by Crippen LogP contribution is 2.18. The Hall–Kier alpha value is -0.610. The molecule has 1 aliphatic heterocycles. The highest BCUT2D eigenvalue weighted by Gasteiger charge is 2.27. The van der Waals surface area contributed by atoms with Gasteiger partial charge in [0.25, 0.3) is 0 Å². The van der Waals surface area contributed by atoms with E-state index in [1.807, 2.05) is 14.0 Å². The van der Waals surface area contributed by atoms with Crippen LogP contribution in [0.3, 0.4) is 0 Å². The van der Waals surface area contributed by atoms with Crippen molar-refractivity contribution in [2.75, 3.05) is 20.1 Å². The van der Waals surface area contributed by atoms with Gasteiger partial charge in [-0.15, -0.1) is 0 Å². The van der Waals surface area contributed by atoms with Crippen LogP contribution in [0.5, 0.6) is 0 Å². The van der Waals surface area contributed by atoms with Crippen molar-refractivity contribution in [1.29, 1.82) is 0 Å². The van der Waals surface area contributed by atoms with E-state index in [-0.39, 0.29) is 18.1 Å². The Labute approximate surface area is 91.8 Å². The lowest BCUT2D eigenvalue weighted by atomic mass is 10.1. The second kappa shape index (κ2) is 6.08. The van der Waals surface area contributed by atoms with Crippen molar-refractivity contribution >= 4 is 5.91 Å². The van der Waals surface area contributed by atoms with Crippen molar-refractivity contribution in [3.05, 3.63) is 0 Å². The minimum atomic E-state index is -0.221. The first kappa shape index (κ1) is 12.5. The summed E-state index contributed by atoms with van der Waals surface area (Å²) in [6.07, 6.45) is 1.86. The van der Waals surface area contributed by atoms with Gasteiger partial charge in [-0.2, -0.15) is 0 Å². The summed E-state index contributed by atoms with van der Waals surface area (Å²) < 4.78 is 5.49. The zero-order valence-corrected chi connectivity index (χ0v) is 9.88. The Kier molecular flexibility index (Phi) is 5.05. The van der Waals surface area contributed by atoms with Gasteiger partial charge in [0.15, 0.2) is 0 Å². The summed E-state index contributed by atoms with van der Waals surface area (Å²) in [4.78, 5) is 11.6. The van der Waals surface area contributed by atoms with Crippen LogP contribution in [-0.4, -0.2) is 38.3 Å². The number of hydrogen-bond acceptors (Lipinski definition) is 3. The quantitative estimate of drug-likeness (QED) is 0.701. The second-order valence-electron chi connectivity index (χ2n) is 4.42. The number of ether oxygens (including phenoxy) is 1. The molecule has 0 aromatic heterocycles. The lowest BCUT2D eigenvalue weighted by Crippen LogP contribution is -2.38. The molecule has 4 nitrogen and oxygen atoms in total. The Morgan fingerprint density at radius 2 is 2.20 bits per heavy atom. The average Bonchev–Trinajstić information content (AvgIpc) is 2.62. The van der Waals surface area contributed by atoms with Crippen molar-refractivity contribution < 1.29 is 9.53 Å². The molecule has 0 spiro atoms. The normalized spacial score (nSPS) is 27.7. The van der Waals surface area contributed by atoms with E-state index in [1.54, 1.807) is 0 Å². The monoisotopic (exact) mass is 214 g/mol. The maximum atomic E-state index is 11.6. The molecule has 1 saturated heterocycles. The zero-order chi connectivity index (χ0) is 11.3. The topological polar surface area (TPSA) is 50.4 Å². The van der Waals surface area contributed by atoms with Gasteiger partial charge in [-0.05, 0) is 39.3 Å². The molecule has 2 N–H and O–H groups in total. The smallest absolute Gasteiger partial charge is 0.249 e. The molecule has 1 fully saturated rings. The molecule has 0 aliphatic carbocycles. The van der Waals surface area contributed by atoms with Gasteiger partial charge in [0.2, 0.25) is 5.91 Å². The molecule has 0 aromatic rings. The third-order valence-electron chi connectivity index (χ3n) is 2.70. The van der Waals surface area contributed by atoms with Gasteiger partial charge < -0.3 is 15.4 Å². The molecule has 0 saturated carbocycles. The Morgan fingerprint density at radius 1 is 1.47 bits per heavy atom. The number of carbonyl (C=O) groups excluding carboxylic acids is 1. The van der Waals surface area contributed by atoms with Gasteiger partial charge in [-0.1, -0.05) is 6.92 Å². The third kappa shape index (κ3) is 4.18. The number of carbonyl (C=O) groups is 1. The molecule has 1 rings (SSSR count). The summed E-state index contributed by atoms with van der Waals surface area (Å²) in [5, 5.41) is 6.01. The van der Waals surface area contributed by atoms with E-state index in [4.69, 9.17) is 4.74 Å². The van der Waals surface area contributed by atoms with E-state index < -0.39 is 0 Å². The molecule has 0 radical (unpaired) electrons. The van der Waals surface area contributed by atoms with Crippen molar-refractivity contribution in [2.45, 2.75) is 38.9 Å². The van der Waals surface area contributed by atoms with Crippen LogP contribution in [0.4, 0.5) is 0 Å². The molecule has 1 amide bonds. The number of rotatable bonds is 5. The van der Waals surface area contributed by atoms with Crippen LogP contribution >= 0.6 is 0 Å². The van der Waals surface area contributed by atoms with E-state index in [0.717, 1.165) is 19.4 Å². The van der Waals surface area contributed by atoms with Crippen molar-refractivity contribution in [3.8, 4) is 0 Å². The van der Waals surface area contributed by atoms with Crippen molar-refractivity contribution in [1.82, 2.24) is 10.6 Å². The van der Waals surface area contributed by atoms with Crippen LogP contribution in [-0.2, 0) is 9.53 Å². The highest BCUT2D eigenvalue weighted by atomic mass is 16.5. The van der Waals surface area contributed by atoms with E-state index in [2.05, 4.69) is 17.6 Å². The molecule has 15 heavy (non-hydrogen) atoms. The lowest BCUT2D eigenvalue weighted by molar-refractivity contribution is -0.131. The summed E-state index contributed by atoms with van der Waals surface area (Å²) in [6.45, 7) is 5.75. The molecular weight excluding hydrogens is 192 g/mol. The second-order valence-corrected chi connectivity index (χ2v) is 4.42. The molecule has 4 heteroatoms. The number of amides is 1. The SMILES string of the molecule is CNCC(C)CNC(=O)C1CCC(C)O1. The maximum absolute atomic E-state index is 11.6. The fraction of sp³-hybridized carbons (Fsp3) is 0.909.